The van der Waals surface area contributed by atoms with E-state index in [1.807, 2.05) is 36.1 Å². The molecule has 0 radical (unpaired) electrons. The van der Waals surface area contributed by atoms with Crippen molar-refractivity contribution in [1.29, 1.82) is 0 Å². The van der Waals surface area contributed by atoms with Crippen LogP contribution in [0.15, 0.2) is 48.5 Å². The molecule has 2 aromatic rings. The van der Waals surface area contributed by atoms with E-state index < -0.39 is 0 Å². The molecule has 29 heavy (non-hydrogen) atoms. The quantitative estimate of drug-likeness (QED) is 0.754. The molecule has 0 bridgehead atoms. The van der Waals surface area contributed by atoms with E-state index in [2.05, 4.69) is 36.1 Å². The molecular weight excluding hydrogens is 366 g/mol. The summed E-state index contributed by atoms with van der Waals surface area (Å²) in [5.41, 5.74) is 3.05. The van der Waals surface area contributed by atoms with Crippen LogP contribution >= 0.6 is 0 Å². The zero-order valence-corrected chi connectivity index (χ0v) is 17.4. The Labute approximate surface area is 172 Å². The maximum atomic E-state index is 12.9. The highest BCUT2D eigenvalue weighted by atomic mass is 16.5. The van der Waals surface area contributed by atoms with E-state index in [-0.39, 0.29) is 18.4 Å². The first-order valence-electron chi connectivity index (χ1n) is 10.1. The van der Waals surface area contributed by atoms with Crippen molar-refractivity contribution in [1.82, 2.24) is 4.90 Å². The van der Waals surface area contributed by atoms with Crippen LogP contribution in [0.2, 0.25) is 0 Å². The number of piperazine rings is 1. The van der Waals surface area contributed by atoms with Crippen LogP contribution in [0.4, 0.5) is 11.4 Å². The van der Waals surface area contributed by atoms with Gasteiger partial charge in [-0.15, -0.1) is 0 Å². The van der Waals surface area contributed by atoms with Gasteiger partial charge in [-0.3, -0.25) is 14.5 Å². The van der Waals surface area contributed by atoms with E-state index in [0.29, 0.717) is 31.1 Å². The first-order valence-corrected chi connectivity index (χ1v) is 10.1. The van der Waals surface area contributed by atoms with Crippen LogP contribution in [0.3, 0.4) is 0 Å². The molecule has 0 spiro atoms. The van der Waals surface area contributed by atoms with Crippen LogP contribution in [0.1, 0.15) is 19.4 Å². The highest BCUT2D eigenvalue weighted by molar-refractivity contribution is 5.98. The van der Waals surface area contributed by atoms with E-state index >= 15 is 0 Å². The lowest BCUT2D eigenvalue weighted by atomic mass is 10.2. The minimum Gasteiger partial charge on any atom is -0.492 e. The largest absolute Gasteiger partial charge is 0.492 e. The predicted molar refractivity (Wildman–Crippen MR) is 116 cm³/mol. The molecule has 2 amide bonds. The third kappa shape index (κ3) is 5.08. The van der Waals surface area contributed by atoms with Gasteiger partial charge in [0.1, 0.15) is 12.3 Å². The van der Waals surface area contributed by atoms with Gasteiger partial charge in [-0.25, -0.2) is 0 Å². The zero-order valence-electron chi connectivity index (χ0n) is 17.4. The summed E-state index contributed by atoms with van der Waals surface area (Å²) >= 11 is 0. The van der Waals surface area contributed by atoms with Crippen molar-refractivity contribution in [3.63, 3.8) is 0 Å². The smallest absolute Gasteiger partial charge is 0.242 e. The van der Waals surface area contributed by atoms with Gasteiger partial charge in [0.2, 0.25) is 11.8 Å². The monoisotopic (exact) mass is 395 g/mol. The molecule has 3 rings (SSSR count). The molecule has 1 saturated heterocycles. The molecule has 154 valence electrons. The molecular formula is C23H29N3O3. The van der Waals surface area contributed by atoms with Gasteiger partial charge >= 0.3 is 0 Å². The molecule has 1 aliphatic heterocycles. The summed E-state index contributed by atoms with van der Waals surface area (Å²) in [6, 6.07) is 15.8. The maximum absolute atomic E-state index is 12.9. The number of carbonyl (C=O) groups is 2. The van der Waals surface area contributed by atoms with Crippen LogP contribution in [0.5, 0.6) is 5.75 Å². The molecule has 0 aromatic heterocycles. The second-order valence-corrected chi connectivity index (χ2v) is 7.21. The van der Waals surface area contributed by atoms with Crippen LogP contribution < -0.4 is 14.5 Å². The summed E-state index contributed by atoms with van der Waals surface area (Å²) in [5, 5.41) is 0. The minimum atomic E-state index is -0.177. The number of benzene rings is 2. The summed E-state index contributed by atoms with van der Waals surface area (Å²) in [6.45, 7) is 8.83. The van der Waals surface area contributed by atoms with Gasteiger partial charge < -0.3 is 14.5 Å². The number of ether oxygens (including phenoxy) is 1. The number of aryl methyl sites for hydroxylation is 1. The van der Waals surface area contributed by atoms with Gasteiger partial charge in [-0.1, -0.05) is 24.3 Å². The van der Waals surface area contributed by atoms with E-state index in [9.17, 15) is 9.59 Å². The number of hydrogen-bond donors (Lipinski definition) is 0. The van der Waals surface area contributed by atoms with Crippen LogP contribution in [0.25, 0.3) is 0 Å². The second kappa shape index (κ2) is 9.45. The van der Waals surface area contributed by atoms with E-state index in [1.54, 1.807) is 0 Å². The van der Waals surface area contributed by atoms with Gasteiger partial charge in [-0.05, 0) is 43.7 Å². The molecule has 1 aliphatic rings. The Balaban J connectivity index is 1.65. The van der Waals surface area contributed by atoms with Gasteiger partial charge in [0.05, 0.1) is 12.3 Å². The highest BCUT2D eigenvalue weighted by Crippen LogP contribution is 2.28. The molecule has 0 aliphatic carbocycles. The fraction of sp³-hybridized carbons (Fsp3) is 0.391. The van der Waals surface area contributed by atoms with Gasteiger partial charge in [0.15, 0.2) is 0 Å². The van der Waals surface area contributed by atoms with Crippen LogP contribution in [-0.2, 0) is 9.59 Å². The lowest BCUT2D eigenvalue weighted by molar-refractivity contribution is -0.131. The zero-order chi connectivity index (χ0) is 20.8. The number of hydrogen-bond acceptors (Lipinski definition) is 4. The average Bonchev–Trinajstić information content (AvgIpc) is 2.72. The van der Waals surface area contributed by atoms with Crippen molar-refractivity contribution in [3.05, 3.63) is 54.1 Å². The molecule has 6 heteroatoms. The molecule has 1 fully saturated rings. The molecule has 0 N–H and O–H groups in total. The first-order chi connectivity index (χ1) is 14.0. The van der Waals surface area contributed by atoms with Gasteiger partial charge in [0.25, 0.3) is 0 Å². The number of rotatable bonds is 6. The number of carbonyl (C=O) groups excluding carboxylic acids is 2. The third-order valence-electron chi connectivity index (χ3n) is 5.13. The van der Waals surface area contributed by atoms with Crippen molar-refractivity contribution in [2.45, 2.75) is 20.8 Å². The molecule has 0 unspecified atom stereocenters. The summed E-state index contributed by atoms with van der Waals surface area (Å²) in [5.74, 6) is 0.390. The third-order valence-corrected chi connectivity index (χ3v) is 5.13. The Morgan fingerprint density at radius 2 is 1.76 bits per heavy atom. The molecule has 0 atom stereocenters. The number of anilines is 2. The van der Waals surface area contributed by atoms with Crippen molar-refractivity contribution in [2.75, 3.05) is 49.1 Å². The first kappa shape index (κ1) is 20.7. The lowest BCUT2D eigenvalue weighted by Crippen LogP contribution is -2.51. The van der Waals surface area contributed by atoms with Crippen LogP contribution in [-0.4, -0.2) is 56.0 Å². The standard InChI is InChI=1S/C23H29N3O3/c1-4-29-22-11-6-5-10-21(22)26(19(3)27)17-23(28)25-14-12-24(13-15-25)20-9-7-8-18(2)16-20/h5-11,16H,4,12-15,17H2,1-3H3. The van der Waals surface area contributed by atoms with E-state index in [4.69, 9.17) is 4.74 Å². The molecule has 2 aromatic carbocycles. The predicted octanol–water partition coefficient (Wildman–Crippen LogP) is 3.10. The van der Waals surface area contributed by atoms with Crippen molar-refractivity contribution < 1.29 is 14.3 Å². The average molecular weight is 396 g/mol. The maximum Gasteiger partial charge on any atom is 0.242 e. The van der Waals surface area contributed by atoms with Crippen molar-refractivity contribution in [3.8, 4) is 5.75 Å². The Hall–Kier alpha value is -3.02. The van der Waals surface area contributed by atoms with Gasteiger partial charge in [0, 0.05) is 38.8 Å². The fourth-order valence-electron chi connectivity index (χ4n) is 3.60. The fourth-order valence-corrected chi connectivity index (χ4v) is 3.60. The summed E-state index contributed by atoms with van der Waals surface area (Å²) < 4.78 is 5.64. The summed E-state index contributed by atoms with van der Waals surface area (Å²) in [7, 11) is 0. The Kier molecular flexibility index (Phi) is 6.75. The molecule has 6 nitrogen and oxygen atoms in total. The minimum absolute atomic E-state index is 0.0177. The van der Waals surface area contributed by atoms with Crippen molar-refractivity contribution >= 4 is 23.2 Å². The Morgan fingerprint density at radius 1 is 1.03 bits per heavy atom. The van der Waals surface area contributed by atoms with Gasteiger partial charge in [-0.2, -0.15) is 0 Å². The summed E-state index contributed by atoms with van der Waals surface area (Å²) in [6.07, 6.45) is 0. The van der Waals surface area contributed by atoms with E-state index in [0.717, 1.165) is 13.1 Å². The Bertz CT molecular complexity index is 860. The number of amides is 2. The number of para-hydroxylation sites is 2. The van der Waals surface area contributed by atoms with E-state index in [1.165, 1.54) is 23.1 Å². The lowest BCUT2D eigenvalue weighted by Gasteiger charge is -2.37. The Morgan fingerprint density at radius 3 is 2.41 bits per heavy atom. The summed E-state index contributed by atoms with van der Waals surface area (Å²) in [4.78, 5) is 30.8. The molecule has 0 saturated carbocycles. The SMILES string of the molecule is CCOc1ccccc1N(CC(=O)N1CCN(c2cccc(C)c2)CC1)C(C)=O. The topological polar surface area (TPSA) is 53.1 Å². The van der Waals surface area contributed by atoms with Crippen molar-refractivity contribution in [2.24, 2.45) is 0 Å². The van der Waals surface area contributed by atoms with Crippen LogP contribution in [0, 0.1) is 6.92 Å². The highest BCUT2D eigenvalue weighted by Gasteiger charge is 2.25. The normalized spacial score (nSPS) is 13.9. The number of nitrogens with zero attached hydrogens (tertiary/aromatic N) is 3. The second-order valence-electron chi connectivity index (χ2n) is 7.21. The molecule has 1 heterocycles.